The van der Waals surface area contributed by atoms with Crippen molar-refractivity contribution in [2.24, 2.45) is 0 Å². The van der Waals surface area contributed by atoms with Crippen LogP contribution >= 0.6 is 0 Å². The highest BCUT2D eigenvalue weighted by molar-refractivity contribution is 5.87. The number of nitrogens with zero attached hydrogens (tertiary/aromatic N) is 2. The Bertz CT molecular complexity index is 706. The van der Waals surface area contributed by atoms with Crippen molar-refractivity contribution < 1.29 is 14.6 Å². The lowest BCUT2D eigenvalue weighted by Gasteiger charge is -2.35. The van der Waals surface area contributed by atoms with Gasteiger partial charge in [0, 0.05) is 31.5 Å². The van der Waals surface area contributed by atoms with Gasteiger partial charge in [-0.15, -0.1) is 0 Å². The highest BCUT2D eigenvalue weighted by Crippen LogP contribution is 2.34. The van der Waals surface area contributed by atoms with Gasteiger partial charge < -0.3 is 14.4 Å². The monoisotopic (exact) mass is 314 g/mol. The van der Waals surface area contributed by atoms with Crippen LogP contribution in [-0.2, 0) is 11.3 Å². The number of rotatable bonds is 4. The maximum absolute atomic E-state index is 11.1. The summed E-state index contributed by atoms with van der Waals surface area (Å²) in [5.41, 5.74) is 1.16. The van der Waals surface area contributed by atoms with Crippen molar-refractivity contribution in [1.29, 1.82) is 0 Å². The fourth-order valence-electron chi connectivity index (χ4n) is 3.27. The van der Waals surface area contributed by atoms with E-state index in [1.165, 1.54) is 0 Å². The number of aromatic carboxylic acids is 1. The molecule has 5 heteroatoms. The van der Waals surface area contributed by atoms with E-state index in [0.717, 1.165) is 30.8 Å². The predicted molar refractivity (Wildman–Crippen MR) is 86.7 cm³/mol. The van der Waals surface area contributed by atoms with Gasteiger partial charge in [0.2, 0.25) is 0 Å². The fraction of sp³-hybridized carbons (Fsp3) is 0.444. The number of hydrogen-bond donors (Lipinski definition) is 1. The first-order valence-electron chi connectivity index (χ1n) is 7.92. The summed E-state index contributed by atoms with van der Waals surface area (Å²) in [6, 6.07) is 7.07. The molecule has 122 valence electrons. The van der Waals surface area contributed by atoms with E-state index in [-0.39, 0.29) is 5.60 Å². The van der Waals surface area contributed by atoms with E-state index in [1.54, 1.807) is 18.2 Å². The molecule has 0 unspecified atom stereocenters. The molecular weight excluding hydrogens is 292 g/mol. The van der Waals surface area contributed by atoms with Crippen LogP contribution in [0.1, 0.15) is 54.4 Å². The van der Waals surface area contributed by atoms with Crippen molar-refractivity contribution in [3.05, 3.63) is 53.6 Å². The first-order valence-corrected chi connectivity index (χ1v) is 7.92. The number of ether oxygens (including phenoxy) is 1. The topological polar surface area (TPSA) is 64.4 Å². The first-order chi connectivity index (χ1) is 10.9. The minimum Gasteiger partial charge on any atom is -0.478 e. The zero-order valence-electron chi connectivity index (χ0n) is 13.5. The van der Waals surface area contributed by atoms with Gasteiger partial charge in [0.1, 0.15) is 5.82 Å². The summed E-state index contributed by atoms with van der Waals surface area (Å²) in [6.45, 7) is 5.61. The average Bonchev–Trinajstić information content (AvgIpc) is 2.94. The smallest absolute Gasteiger partial charge is 0.335 e. The number of carbonyl (C=O) groups is 1. The van der Waals surface area contributed by atoms with E-state index in [1.807, 2.05) is 18.5 Å². The minimum absolute atomic E-state index is 0.122. The molecule has 1 saturated heterocycles. The van der Waals surface area contributed by atoms with Gasteiger partial charge in [-0.05, 0) is 44.4 Å². The molecule has 0 bridgehead atoms. The Labute approximate surface area is 135 Å². The predicted octanol–water partition coefficient (Wildman–Crippen LogP) is 3.30. The number of carboxylic acids is 1. The van der Waals surface area contributed by atoms with Crippen molar-refractivity contribution >= 4 is 5.97 Å². The number of carboxylic acid groups (broad SMARTS) is 1. The maximum Gasteiger partial charge on any atom is 0.335 e. The zero-order chi connectivity index (χ0) is 16.4. The quantitative estimate of drug-likeness (QED) is 0.940. The van der Waals surface area contributed by atoms with Crippen molar-refractivity contribution in [3.8, 4) is 0 Å². The lowest BCUT2D eigenvalue weighted by molar-refractivity contribution is -0.0606. The molecule has 0 amide bonds. The van der Waals surface area contributed by atoms with Crippen LogP contribution < -0.4 is 0 Å². The summed E-state index contributed by atoms with van der Waals surface area (Å²) in [5.74, 6) is 0.530. The second kappa shape index (κ2) is 6.16. The summed E-state index contributed by atoms with van der Waals surface area (Å²) in [6.07, 6.45) is 5.69. The molecule has 2 aromatic rings. The molecule has 1 aromatic heterocycles. The van der Waals surface area contributed by atoms with Crippen molar-refractivity contribution in [2.75, 3.05) is 6.61 Å². The molecule has 1 aliphatic heterocycles. The SMILES string of the molecule is CC1(C)C[C@@H](c2nccn2Cc2cccc(C(=O)O)c2)CCO1. The first kappa shape index (κ1) is 15.7. The van der Waals surface area contributed by atoms with E-state index in [9.17, 15) is 4.79 Å². The Hall–Kier alpha value is -2.14. The van der Waals surface area contributed by atoms with Gasteiger partial charge in [-0.25, -0.2) is 9.78 Å². The Kier molecular flexibility index (Phi) is 4.22. The van der Waals surface area contributed by atoms with Gasteiger partial charge in [0.05, 0.1) is 11.2 Å². The van der Waals surface area contributed by atoms with Crippen LogP contribution in [0.4, 0.5) is 0 Å². The van der Waals surface area contributed by atoms with Crippen LogP contribution in [0.15, 0.2) is 36.7 Å². The summed E-state index contributed by atoms with van der Waals surface area (Å²) in [7, 11) is 0. The zero-order valence-corrected chi connectivity index (χ0v) is 13.5. The number of hydrogen-bond acceptors (Lipinski definition) is 3. The third-order valence-electron chi connectivity index (χ3n) is 4.34. The number of aromatic nitrogens is 2. The van der Waals surface area contributed by atoms with Crippen molar-refractivity contribution in [3.63, 3.8) is 0 Å². The minimum atomic E-state index is -0.899. The molecule has 1 aliphatic rings. The van der Waals surface area contributed by atoms with Gasteiger partial charge in [-0.1, -0.05) is 12.1 Å². The number of benzene rings is 1. The molecule has 5 nitrogen and oxygen atoms in total. The van der Waals surface area contributed by atoms with E-state index in [4.69, 9.17) is 9.84 Å². The van der Waals surface area contributed by atoms with E-state index in [0.29, 0.717) is 18.0 Å². The maximum atomic E-state index is 11.1. The third kappa shape index (κ3) is 3.62. The van der Waals surface area contributed by atoms with Crippen LogP contribution in [0.3, 0.4) is 0 Å². The molecule has 0 saturated carbocycles. The van der Waals surface area contributed by atoms with Gasteiger partial charge in [0.25, 0.3) is 0 Å². The van der Waals surface area contributed by atoms with Crippen molar-refractivity contribution in [1.82, 2.24) is 9.55 Å². The highest BCUT2D eigenvalue weighted by Gasteiger charge is 2.31. The van der Waals surface area contributed by atoms with Crippen LogP contribution in [0.5, 0.6) is 0 Å². The lowest BCUT2D eigenvalue weighted by Crippen LogP contribution is -2.34. The van der Waals surface area contributed by atoms with Crippen LogP contribution in [0, 0.1) is 0 Å². The molecule has 1 N–H and O–H groups in total. The standard InChI is InChI=1S/C18H22N2O3/c1-18(2)11-15(6-9-23-18)16-19-7-8-20(16)12-13-4-3-5-14(10-13)17(21)22/h3-5,7-8,10,15H,6,9,11-12H2,1-2H3,(H,21,22)/t15-/m0/s1. The van der Waals surface area contributed by atoms with Crippen LogP contribution in [0.2, 0.25) is 0 Å². The average molecular weight is 314 g/mol. The second-order valence-electron chi connectivity index (χ2n) is 6.72. The molecule has 1 aromatic carbocycles. The molecule has 3 rings (SSSR count). The Morgan fingerprint density at radius 2 is 2.30 bits per heavy atom. The largest absolute Gasteiger partial charge is 0.478 e. The van der Waals surface area contributed by atoms with E-state index in [2.05, 4.69) is 23.4 Å². The van der Waals surface area contributed by atoms with Gasteiger partial charge in [-0.3, -0.25) is 0 Å². The molecule has 0 aliphatic carbocycles. The highest BCUT2D eigenvalue weighted by atomic mass is 16.5. The van der Waals surface area contributed by atoms with Crippen LogP contribution in [0.25, 0.3) is 0 Å². The normalized spacial score (nSPS) is 20.3. The van der Waals surface area contributed by atoms with Crippen LogP contribution in [-0.4, -0.2) is 32.8 Å². The molecule has 1 fully saturated rings. The molecule has 0 radical (unpaired) electrons. The van der Waals surface area contributed by atoms with E-state index >= 15 is 0 Å². The van der Waals surface area contributed by atoms with Gasteiger partial charge >= 0.3 is 5.97 Å². The Balaban J connectivity index is 1.81. The Morgan fingerprint density at radius 1 is 1.48 bits per heavy atom. The summed E-state index contributed by atoms with van der Waals surface area (Å²) >= 11 is 0. The van der Waals surface area contributed by atoms with Gasteiger partial charge in [0.15, 0.2) is 0 Å². The van der Waals surface area contributed by atoms with Gasteiger partial charge in [-0.2, -0.15) is 0 Å². The fourth-order valence-corrected chi connectivity index (χ4v) is 3.27. The lowest BCUT2D eigenvalue weighted by atomic mass is 9.88. The molecule has 2 heterocycles. The van der Waals surface area contributed by atoms with E-state index < -0.39 is 5.97 Å². The molecule has 1 atom stereocenters. The second-order valence-corrected chi connectivity index (χ2v) is 6.72. The molecular formula is C18H22N2O3. The summed E-state index contributed by atoms with van der Waals surface area (Å²) < 4.78 is 7.91. The Morgan fingerprint density at radius 3 is 3.04 bits per heavy atom. The van der Waals surface area contributed by atoms with Crippen molar-refractivity contribution in [2.45, 2.75) is 44.8 Å². The summed E-state index contributed by atoms with van der Waals surface area (Å²) in [4.78, 5) is 15.7. The molecule has 23 heavy (non-hydrogen) atoms. The molecule has 0 spiro atoms. The third-order valence-corrected chi connectivity index (χ3v) is 4.34. The number of imidazole rings is 1. The summed E-state index contributed by atoms with van der Waals surface area (Å²) in [5, 5.41) is 9.12.